The van der Waals surface area contributed by atoms with Gasteiger partial charge in [-0.3, -0.25) is 43.2 Å². The number of fused-ring (bicyclic) bond motifs is 3. The summed E-state index contributed by atoms with van der Waals surface area (Å²) in [6.45, 7) is 30.9. The molecule has 99 heavy (non-hydrogen) atoms. The van der Waals surface area contributed by atoms with E-state index >= 15 is 0 Å². The Morgan fingerprint density at radius 3 is 0.687 bits per heavy atom. The first-order chi connectivity index (χ1) is 45.5. The van der Waals surface area contributed by atoms with Gasteiger partial charge in [0.2, 0.25) is 16.2 Å². The van der Waals surface area contributed by atoms with Crippen molar-refractivity contribution in [2.45, 2.75) is 267 Å². The lowest BCUT2D eigenvalue weighted by molar-refractivity contribution is -0.188. The SMILES string of the molecule is COC(=O)[C@H]1C[C@H](O)CC[C@@]12Nc1ccccc1C2(C(=O)OC(C)(C)C)C(=O)OC(C)(C)C.COC(=O)[C@H]1C[C@H](O)CC[C@@]12Nc1ccccc1C2(C(=O)OC(C)(C)C)C(=O)OC(C)(C)C.COC(=O)[C@H]1C[C@H](O)CC[C@@]12Nc1ccccc1C2(C(=O)OC(C)(C)C)C(=O)OC(C)(C)C. The smallest absolute Gasteiger partial charge is 0.331 e. The van der Waals surface area contributed by atoms with Crippen molar-refractivity contribution in [2.24, 2.45) is 17.8 Å². The molecule has 0 radical (unpaired) electrons. The number of para-hydroxylation sites is 3. The van der Waals surface area contributed by atoms with E-state index < -0.39 is 156 Å². The number of carbonyl (C=O) groups is 9. The number of anilines is 3. The molecule has 9 rings (SSSR count). The highest BCUT2D eigenvalue weighted by molar-refractivity contribution is 6.15. The van der Waals surface area contributed by atoms with Crippen LogP contribution in [0, 0.1) is 17.8 Å². The topological polar surface area (TPSA) is 333 Å². The molecule has 0 saturated heterocycles. The fraction of sp³-hybridized carbons (Fsp3) is 0.640. The summed E-state index contributed by atoms with van der Waals surface area (Å²) in [4.78, 5) is 124. The van der Waals surface area contributed by atoms with Crippen molar-refractivity contribution < 1.29 is 101 Å². The molecule has 3 aliphatic carbocycles. The van der Waals surface area contributed by atoms with Gasteiger partial charge in [0.15, 0.2) is 0 Å². The van der Waals surface area contributed by atoms with Crippen molar-refractivity contribution in [1.29, 1.82) is 0 Å². The minimum Gasteiger partial charge on any atom is -0.469 e. The molecule has 6 aliphatic rings. The van der Waals surface area contributed by atoms with Gasteiger partial charge in [0.25, 0.3) is 0 Å². The lowest BCUT2D eigenvalue weighted by Crippen LogP contribution is -2.69. The number of carbonyl (C=O) groups excluding carboxylic acids is 9. The Balaban J connectivity index is 0.000000209. The zero-order valence-electron chi connectivity index (χ0n) is 61.4. The number of aliphatic hydroxyl groups excluding tert-OH is 3. The van der Waals surface area contributed by atoms with E-state index in [9.17, 15) is 58.5 Å². The number of hydrogen-bond acceptors (Lipinski definition) is 24. The third kappa shape index (κ3) is 14.9. The van der Waals surface area contributed by atoms with E-state index in [2.05, 4.69) is 16.0 Å². The average Bonchev–Trinajstić information content (AvgIpc) is 1.52. The number of hydrogen-bond donors (Lipinski definition) is 6. The molecule has 24 heteroatoms. The van der Waals surface area contributed by atoms with Crippen LogP contribution in [0.3, 0.4) is 0 Å². The van der Waals surface area contributed by atoms with Crippen LogP contribution in [0.4, 0.5) is 17.1 Å². The molecule has 3 heterocycles. The maximum absolute atomic E-state index is 14.1. The number of benzene rings is 3. The molecule has 3 aromatic carbocycles. The van der Waals surface area contributed by atoms with Crippen LogP contribution >= 0.6 is 0 Å². The van der Waals surface area contributed by atoms with E-state index in [1.807, 2.05) is 0 Å². The zero-order chi connectivity index (χ0) is 74.5. The largest absolute Gasteiger partial charge is 0.469 e. The first-order valence-corrected chi connectivity index (χ1v) is 33.8. The Labute approximate surface area is 581 Å². The summed E-state index contributed by atoms with van der Waals surface area (Å²) >= 11 is 0. The van der Waals surface area contributed by atoms with Gasteiger partial charge in [0.1, 0.15) is 33.6 Å². The Morgan fingerprint density at radius 1 is 0.333 bits per heavy atom. The van der Waals surface area contributed by atoms with Gasteiger partial charge in [-0.2, -0.15) is 0 Å². The van der Waals surface area contributed by atoms with Crippen LogP contribution in [0.2, 0.25) is 0 Å². The second kappa shape index (κ2) is 27.9. The maximum Gasteiger partial charge on any atom is 0.331 e. The van der Waals surface area contributed by atoms with Gasteiger partial charge in [-0.1, -0.05) is 54.6 Å². The highest BCUT2D eigenvalue weighted by Crippen LogP contribution is 2.62. The number of nitrogens with one attached hydrogen (secondary N) is 3. The van der Waals surface area contributed by atoms with Crippen LogP contribution in [-0.2, 0) is 102 Å². The predicted molar refractivity (Wildman–Crippen MR) is 365 cm³/mol. The number of ether oxygens (including phenoxy) is 9. The Morgan fingerprint density at radius 2 is 0.515 bits per heavy atom. The van der Waals surface area contributed by atoms with E-state index in [1.165, 1.54) is 21.3 Å². The lowest BCUT2D eigenvalue weighted by Gasteiger charge is -2.50. The molecule has 0 aromatic heterocycles. The Hall–Kier alpha value is -7.83. The summed E-state index contributed by atoms with van der Waals surface area (Å²) in [5.74, 6) is -9.66. The molecule has 3 spiro atoms. The van der Waals surface area contributed by atoms with Gasteiger partial charge in [-0.05, 0) is 201 Å². The van der Waals surface area contributed by atoms with Gasteiger partial charge >= 0.3 is 53.7 Å². The van der Waals surface area contributed by atoms with Gasteiger partial charge in [-0.25, -0.2) is 0 Å². The van der Waals surface area contributed by atoms with Gasteiger partial charge < -0.3 is 73.9 Å². The number of methoxy groups -OCH3 is 3. The second-order valence-corrected chi connectivity index (χ2v) is 32.7. The summed E-state index contributed by atoms with van der Waals surface area (Å²) in [6, 6.07) is 20.9. The Bertz CT molecular complexity index is 3110. The minimum atomic E-state index is -1.98. The monoisotopic (exact) mass is 1380 g/mol. The summed E-state index contributed by atoms with van der Waals surface area (Å²) < 4.78 is 50.3. The van der Waals surface area contributed by atoms with Crippen molar-refractivity contribution >= 4 is 70.8 Å². The third-order valence-electron chi connectivity index (χ3n) is 18.7. The van der Waals surface area contributed by atoms with E-state index in [0.717, 1.165) is 0 Å². The fourth-order valence-electron chi connectivity index (χ4n) is 15.2. The van der Waals surface area contributed by atoms with Crippen molar-refractivity contribution in [3.63, 3.8) is 0 Å². The van der Waals surface area contributed by atoms with E-state index in [0.29, 0.717) is 33.8 Å². The van der Waals surface area contributed by atoms with Crippen molar-refractivity contribution in [2.75, 3.05) is 37.3 Å². The lowest BCUT2D eigenvalue weighted by atomic mass is 9.56. The predicted octanol–water partition coefficient (Wildman–Crippen LogP) is 9.32. The fourth-order valence-corrected chi connectivity index (χ4v) is 15.2. The minimum absolute atomic E-state index is 0.0288. The van der Waals surface area contributed by atoms with Gasteiger partial charge in [-0.15, -0.1) is 0 Å². The van der Waals surface area contributed by atoms with E-state index in [1.54, 1.807) is 197 Å². The summed E-state index contributed by atoms with van der Waals surface area (Å²) in [5.41, 5.74) is -12.9. The number of esters is 9. The summed E-state index contributed by atoms with van der Waals surface area (Å²) in [7, 11) is 3.76. The molecular weight excluding hydrogens is 1280 g/mol. The molecule has 9 atom stereocenters. The highest BCUT2D eigenvalue weighted by atomic mass is 16.6. The van der Waals surface area contributed by atoms with Crippen LogP contribution in [0.15, 0.2) is 72.8 Å². The quantitative estimate of drug-likeness (QED) is 0.0660. The maximum atomic E-state index is 14.1. The van der Waals surface area contributed by atoms with E-state index in [-0.39, 0.29) is 57.8 Å². The molecule has 24 nitrogen and oxygen atoms in total. The van der Waals surface area contributed by atoms with Crippen LogP contribution in [0.1, 0.15) is 199 Å². The molecule has 3 aromatic rings. The van der Waals surface area contributed by atoms with Crippen molar-refractivity contribution in [3.05, 3.63) is 89.5 Å². The van der Waals surface area contributed by atoms with Gasteiger partial charge in [0.05, 0.1) is 74.0 Å². The molecule has 3 saturated carbocycles. The molecule has 0 bridgehead atoms. The first-order valence-electron chi connectivity index (χ1n) is 33.8. The standard InChI is InChI=1S/3C25H35NO7/c3*1-22(2,3)32-20(29)25(21(30)33-23(4,5)6)16-10-8-9-11-18(16)26-24(25)13-12-15(27)14-17(24)19(28)31-7/h3*8-11,15,17,26-27H,12-14H2,1-7H3/t3*15-,17-,24-/m111/s1. The molecule has 3 aliphatic heterocycles. The van der Waals surface area contributed by atoms with Crippen molar-refractivity contribution in [3.8, 4) is 0 Å². The summed E-state index contributed by atoms with van der Waals surface area (Å²) in [6.07, 6.45) is -0.946. The van der Waals surface area contributed by atoms with Crippen LogP contribution in [0.5, 0.6) is 0 Å². The Kier molecular flexibility index (Phi) is 22.2. The number of rotatable bonds is 9. The molecule has 0 unspecified atom stereocenters. The molecule has 0 amide bonds. The van der Waals surface area contributed by atoms with Crippen LogP contribution in [0.25, 0.3) is 0 Å². The second-order valence-electron chi connectivity index (χ2n) is 32.7. The van der Waals surface area contributed by atoms with E-state index in [4.69, 9.17) is 42.6 Å². The molecule has 546 valence electrons. The first kappa shape index (κ1) is 78.5. The van der Waals surface area contributed by atoms with Crippen LogP contribution in [-0.4, -0.2) is 159 Å². The highest BCUT2D eigenvalue weighted by Gasteiger charge is 2.77. The average molecular weight is 1380 g/mol. The van der Waals surface area contributed by atoms with Gasteiger partial charge in [0, 0.05) is 33.8 Å². The molecular formula is C75H105N3O21. The summed E-state index contributed by atoms with van der Waals surface area (Å²) in [5, 5.41) is 41.4. The molecule has 6 N–H and O–H groups in total. The molecule has 3 fully saturated rings. The zero-order valence-corrected chi connectivity index (χ0v) is 61.4. The van der Waals surface area contributed by atoms with Crippen molar-refractivity contribution in [1.82, 2.24) is 0 Å². The normalized spacial score (nSPS) is 26.2. The third-order valence-corrected chi connectivity index (χ3v) is 18.7. The number of aliphatic hydroxyl groups is 3. The van der Waals surface area contributed by atoms with Crippen LogP contribution < -0.4 is 16.0 Å².